The van der Waals surface area contributed by atoms with Gasteiger partial charge in [-0.05, 0) is 34.3 Å². The van der Waals surface area contributed by atoms with Gasteiger partial charge in [0.05, 0.1) is 6.61 Å². The molecule has 2 atom stereocenters. The highest BCUT2D eigenvalue weighted by molar-refractivity contribution is 5.91. The van der Waals surface area contributed by atoms with E-state index in [1.807, 2.05) is 0 Å². The molecule has 5 rings (SSSR count). The molecule has 3 aromatic carbocycles. The second-order valence-electron chi connectivity index (χ2n) is 7.13. The zero-order valence-corrected chi connectivity index (χ0v) is 13.4. The summed E-state index contributed by atoms with van der Waals surface area (Å²) in [5.41, 5.74) is 4.71. The average molecular weight is 300 g/mol. The van der Waals surface area contributed by atoms with E-state index < -0.39 is 0 Å². The van der Waals surface area contributed by atoms with E-state index in [0.717, 1.165) is 18.8 Å². The van der Waals surface area contributed by atoms with Gasteiger partial charge in [-0.15, -0.1) is 0 Å². The van der Waals surface area contributed by atoms with E-state index in [9.17, 15) is 0 Å². The van der Waals surface area contributed by atoms with Crippen LogP contribution in [0.25, 0.3) is 10.8 Å². The SMILES string of the molecule is C[C@]1(c2ccccc2)C[C@H]1c1cc2ccccc2c2c1CCO2. The Balaban J connectivity index is 1.65. The van der Waals surface area contributed by atoms with E-state index in [0.29, 0.717) is 5.92 Å². The molecule has 0 radical (unpaired) electrons. The maximum absolute atomic E-state index is 6.00. The standard InChI is InChI=1S/C22H20O/c1-22(16-8-3-2-4-9-16)14-20(22)19-13-15-7-5-6-10-17(15)21-18(19)11-12-23-21/h2-10,13,20H,11-12,14H2,1H3/t20-,22+/m0/s1. The fourth-order valence-corrected chi connectivity index (χ4v) is 4.32. The van der Waals surface area contributed by atoms with Crippen molar-refractivity contribution in [1.29, 1.82) is 0 Å². The average Bonchev–Trinajstić information content (AvgIpc) is 3.06. The van der Waals surface area contributed by atoms with Gasteiger partial charge in [0.15, 0.2) is 0 Å². The molecule has 0 spiro atoms. The van der Waals surface area contributed by atoms with Crippen molar-refractivity contribution >= 4 is 10.8 Å². The van der Waals surface area contributed by atoms with Crippen LogP contribution in [-0.4, -0.2) is 6.61 Å². The number of hydrogen-bond donors (Lipinski definition) is 0. The van der Waals surface area contributed by atoms with Crippen molar-refractivity contribution in [2.75, 3.05) is 6.61 Å². The predicted molar refractivity (Wildman–Crippen MR) is 94.3 cm³/mol. The van der Waals surface area contributed by atoms with Gasteiger partial charge in [-0.3, -0.25) is 0 Å². The van der Waals surface area contributed by atoms with Gasteiger partial charge < -0.3 is 4.74 Å². The minimum atomic E-state index is 0.278. The molecule has 0 unspecified atom stereocenters. The molecule has 23 heavy (non-hydrogen) atoms. The molecule has 1 heterocycles. The van der Waals surface area contributed by atoms with Crippen molar-refractivity contribution in [3.8, 4) is 5.75 Å². The largest absolute Gasteiger partial charge is 0.492 e. The highest BCUT2D eigenvalue weighted by atomic mass is 16.5. The molecule has 2 aliphatic rings. The lowest BCUT2D eigenvalue weighted by atomic mass is 9.89. The normalized spacial score (nSPS) is 25.2. The Labute approximate surface area is 136 Å². The van der Waals surface area contributed by atoms with Crippen LogP contribution in [0.3, 0.4) is 0 Å². The van der Waals surface area contributed by atoms with Gasteiger partial charge in [0.25, 0.3) is 0 Å². The topological polar surface area (TPSA) is 9.23 Å². The predicted octanol–water partition coefficient (Wildman–Crippen LogP) is 5.22. The van der Waals surface area contributed by atoms with Gasteiger partial charge >= 0.3 is 0 Å². The van der Waals surface area contributed by atoms with Crippen LogP contribution in [0, 0.1) is 0 Å². The molecular weight excluding hydrogens is 280 g/mol. The molecule has 0 saturated heterocycles. The van der Waals surface area contributed by atoms with Gasteiger partial charge in [0.1, 0.15) is 5.75 Å². The Bertz CT molecular complexity index is 896. The highest BCUT2D eigenvalue weighted by Gasteiger charge is 2.53. The summed E-state index contributed by atoms with van der Waals surface area (Å²) in [6, 6.07) is 22.0. The summed E-state index contributed by atoms with van der Waals surface area (Å²) < 4.78 is 6.00. The molecule has 1 aliphatic carbocycles. The van der Waals surface area contributed by atoms with Crippen molar-refractivity contribution in [3.05, 3.63) is 77.4 Å². The first-order valence-electron chi connectivity index (χ1n) is 8.50. The van der Waals surface area contributed by atoms with Crippen molar-refractivity contribution in [2.24, 2.45) is 0 Å². The van der Waals surface area contributed by atoms with Crippen molar-refractivity contribution in [2.45, 2.75) is 31.1 Å². The molecule has 1 heteroatoms. The molecule has 0 amide bonds. The molecule has 1 saturated carbocycles. The van der Waals surface area contributed by atoms with Gasteiger partial charge in [0.2, 0.25) is 0 Å². The van der Waals surface area contributed by atoms with Crippen molar-refractivity contribution in [1.82, 2.24) is 0 Å². The van der Waals surface area contributed by atoms with Crippen molar-refractivity contribution < 1.29 is 4.74 Å². The quantitative estimate of drug-likeness (QED) is 0.630. The summed E-state index contributed by atoms with van der Waals surface area (Å²) in [5.74, 6) is 1.75. The smallest absolute Gasteiger partial charge is 0.130 e. The number of hydrogen-bond acceptors (Lipinski definition) is 1. The van der Waals surface area contributed by atoms with E-state index in [1.54, 1.807) is 0 Å². The van der Waals surface area contributed by atoms with Crippen LogP contribution in [0.2, 0.25) is 0 Å². The second-order valence-corrected chi connectivity index (χ2v) is 7.13. The van der Waals surface area contributed by atoms with Crippen LogP contribution in [0.1, 0.15) is 36.0 Å². The van der Waals surface area contributed by atoms with Crippen molar-refractivity contribution in [3.63, 3.8) is 0 Å². The van der Waals surface area contributed by atoms with E-state index in [4.69, 9.17) is 4.74 Å². The molecule has 1 fully saturated rings. The van der Waals surface area contributed by atoms with E-state index in [-0.39, 0.29) is 5.41 Å². The second kappa shape index (κ2) is 4.61. The molecule has 1 nitrogen and oxygen atoms in total. The maximum atomic E-state index is 6.00. The summed E-state index contributed by atoms with van der Waals surface area (Å²) in [5, 5.41) is 2.58. The van der Waals surface area contributed by atoms with Crippen LogP contribution in [0.5, 0.6) is 5.75 Å². The lowest BCUT2D eigenvalue weighted by Crippen LogP contribution is -2.04. The first kappa shape index (κ1) is 13.2. The molecule has 0 N–H and O–H groups in total. The zero-order valence-electron chi connectivity index (χ0n) is 13.4. The van der Waals surface area contributed by atoms with E-state index in [1.165, 1.54) is 33.9 Å². The molecule has 114 valence electrons. The Morgan fingerprint density at radius 3 is 2.65 bits per heavy atom. The number of ether oxygens (including phenoxy) is 1. The first-order valence-corrected chi connectivity index (χ1v) is 8.50. The fourth-order valence-electron chi connectivity index (χ4n) is 4.32. The molecule has 3 aromatic rings. The molecule has 0 aromatic heterocycles. The molecule has 0 bridgehead atoms. The van der Waals surface area contributed by atoms with Gasteiger partial charge in [-0.1, -0.05) is 67.6 Å². The number of benzene rings is 3. The van der Waals surface area contributed by atoms with Crippen LogP contribution >= 0.6 is 0 Å². The summed E-state index contributed by atoms with van der Waals surface area (Å²) in [7, 11) is 0. The van der Waals surface area contributed by atoms with Gasteiger partial charge in [-0.25, -0.2) is 0 Å². The summed E-state index contributed by atoms with van der Waals surface area (Å²) in [4.78, 5) is 0. The lowest BCUT2D eigenvalue weighted by molar-refractivity contribution is 0.360. The maximum Gasteiger partial charge on any atom is 0.130 e. The minimum absolute atomic E-state index is 0.278. The van der Waals surface area contributed by atoms with Gasteiger partial charge in [0, 0.05) is 17.4 Å². The first-order chi connectivity index (χ1) is 11.3. The highest BCUT2D eigenvalue weighted by Crippen LogP contribution is 2.62. The Morgan fingerprint density at radius 1 is 1.00 bits per heavy atom. The Kier molecular flexibility index (Phi) is 2.64. The number of rotatable bonds is 2. The number of fused-ring (bicyclic) bond motifs is 3. The van der Waals surface area contributed by atoms with Crippen LogP contribution < -0.4 is 4.74 Å². The molecule has 1 aliphatic heterocycles. The summed E-state index contributed by atoms with van der Waals surface area (Å²) in [6.45, 7) is 3.23. The third-order valence-corrected chi connectivity index (χ3v) is 5.78. The Hall–Kier alpha value is -2.28. The fraction of sp³-hybridized carbons (Fsp3) is 0.273. The summed E-state index contributed by atoms with van der Waals surface area (Å²) in [6.07, 6.45) is 2.29. The minimum Gasteiger partial charge on any atom is -0.492 e. The van der Waals surface area contributed by atoms with Gasteiger partial charge in [-0.2, -0.15) is 0 Å². The van der Waals surface area contributed by atoms with Crippen LogP contribution in [0.4, 0.5) is 0 Å². The van der Waals surface area contributed by atoms with E-state index >= 15 is 0 Å². The third-order valence-electron chi connectivity index (χ3n) is 5.78. The van der Waals surface area contributed by atoms with E-state index in [2.05, 4.69) is 67.6 Å². The molecular formula is C22H20O. The lowest BCUT2D eigenvalue weighted by Gasteiger charge is -2.15. The van der Waals surface area contributed by atoms with Crippen LogP contribution in [-0.2, 0) is 11.8 Å². The monoisotopic (exact) mass is 300 g/mol. The zero-order chi connectivity index (χ0) is 15.4. The van der Waals surface area contributed by atoms with Crippen LogP contribution in [0.15, 0.2) is 60.7 Å². The Morgan fingerprint density at radius 2 is 1.78 bits per heavy atom. The summed E-state index contributed by atoms with van der Waals surface area (Å²) >= 11 is 0. The third kappa shape index (κ3) is 1.86.